The molecule has 1 aromatic heterocycles. The molecule has 1 aliphatic heterocycles. The van der Waals surface area contributed by atoms with Gasteiger partial charge >= 0.3 is 5.00 Å². The summed E-state index contributed by atoms with van der Waals surface area (Å²) < 4.78 is 0. The van der Waals surface area contributed by atoms with Gasteiger partial charge in [-0.15, -0.1) is 0 Å². The van der Waals surface area contributed by atoms with Crippen LogP contribution in [0.4, 0.5) is 5.00 Å². The molecule has 1 atom stereocenters. The summed E-state index contributed by atoms with van der Waals surface area (Å²) in [4.78, 5) is 13.7. The molecule has 0 saturated carbocycles. The molecule has 0 spiro atoms. The van der Waals surface area contributed by atoms with E-state index in [9.17, 15) is 10.1 Å². The van der Waals surface area contributed by atoms with E-state index < -0.39 is 5.66 Å². The van der Waals surface area contributed by atoms with Gasteiger partial charge in [0.1, 0.15) is 0 Å². The summed E-state index contributed by atoms with van der Waals surface area (Å²) in [5.41, 5.74) is 6.03. The van der Waals surface area contributed by atoms with E-state index in [0.717, 1.165) is 18.0 Å². The number of nitrogens with zero attached hydrogens (tertiary/aromatic N) is 2. The topological polar surface area (TPSA) is 72.4 Å². The maximum absolute atomic E-state index is 10.7. The van der Waals surface area contributed by atoms with Crippen LogP contribution >= 0.6 is 11.3 Å². The molecule has 1 unspecified atom stereocenters. The van der Waals surface area contributed by atoms with E-state index in [-0.39, 0.29) is 9.92 Å². The molecule has 0 amide bonds. The maximum Gasteiger partial charge on any atom is 0.324 e. The van der Waals surface area contributed by atoms with Gasteiger partial charge < -0.3 is 5.73 Å². The largest absolute Gasteiger partial charge is 0.324 e. The highest BCUT2D eigenvalue weighted by Crippen LogP contribution is 2.28. The van der Waals surface area contributed by atoms with Crippen molar-refractivity contribution in [2.45, 2.75) is 44.7 Å². The van der Waals surface area contributed by atoms with Gasteiger partial charge in [0.25, 0.3) is 0 Å². The van der Waals surface area contributed by atoms with Crippen LogP contribution in [0, 0.1) is 10.1 Å². The van der Waals surface area contributed by atoms with Gasteiger partial charge in [-0.1, -0.05) is 24.2 Å². The van der Waals surface area contributed by atoms with Crippen LogP contribution in [0.15, 0.2) is 12.1 Å². The summed E-state index contributed by atoms with van der Waals surface area (Å²) in [5.74, 6) is 0. The fourth-order valence-corrected chi connectivity index (χ4v) is 3.59. The molecule has 106 valence electrons. The van der Waals surface area contributed by atoms with Crippen molar-refractivity contribution in [1.29, 1.82) is 0 Å². The molecule has 0 bridgehead atoms. The van der Waals surface area contributed by atoms with E-state index in [0.29, 0.717) is 6.42 Å². The lowest BCUT2D eigenvalue weighted by atomic mass is 10.1. The number of rotatable bonds is 4. The second-order valence-electron chi connectivity index (χ2n) is 5.43. The van der Waals surface area contributed by atoms with Gasteiger partial charge in [-0.2, -0.15) is 0 Å². The van der Waals surface area contributed by atoms with Crippen LogP contribution < -0.4 is 5.73 Å². The lowest BCUT2D eigenvalue weighted by molar-refractivity contribution is -0.380. The van der Waals surface area contributed by atoms with Crippen molar-refractivity contribution in [3.05, 3.63) is 27.1 Å². The first-order chi connectivity index (χ1) is 8.99. The predicted molar refractivity (Wildman–Crippen MR) is 77.3 cm³/mol. The molecule has 5 nitrogen and oxygen atoms in total. The zero-order chi connectivity index (χ0) is 13.9. The van der Waals surface area contributed by atoms with E-state index in [4.69, 9.17) is 5.73 Å². The molecular weight excluding hydrogens is 262 g/mol. The minimum absolute atomic E-state index is 0.196. The molecule has 2 heterocycles. The first kappa shape index (κ1) is 14.4. The summed E-state index contributed by atoms with van der Waals surface area (Å²) >= 11 is 1.23. The monoisotopic (exact) mass is 283 g/mol. The third-order valence-corrected chi connectivity index (χ3v) is 4.72. The van der Waals surface area contributed by atoms with Crippen LogP contribution in [-0.4, -0.2) is 28.6 Å². The normalized spacial score (nSPS) is 20.7. The second-order valence-corrected chi connectivity index (χ2v) is 6.58. The van der Waals surface area contributed by atoms with E-state index in [2.05, 4.69) is 4.90 Å². The summed E-state index contributed by atoms with van der Waals surface area (Å²) in [5, 5.41) is 10.9. The number of nitro groups is 1. The van der Waals surface area contributed by atoms with Crippen molar-refractivity contribution in [2.24, 2.45) is 5.73 Å². The molecule has 0 aromatic carbocycles. The summed E-state index contributed by atoms with van der Waals surface area (Å²) in [7, 11) is 0. The van der Waals surface area contributed by atoms with Gasteiger partial charge in [-0.05, 0) is 38.9 Å². The van der Waals surface area contributed by atoms with Crippen LogP contribution in [0.2, 0.25) is 0 Å². The van der Waals surface area contributed by atoms with Crippen LogP contribution in [0.25, 0.3) is 0 Å². The zero-order valence-electron chi connectivity index (χ0n) is 11.3. The Balaban J connectivity index is 2.03. The molecular formula is C13H21N3O2S. The minimum Gasteiger partial charge on any atom is -0.313 e. The Bertz CT molecular complexity index is 437. The van der Waals surface area contributed by atoms with Crippen molar-refractivity contribution in [3.63, 3.8) is 0 Å². The molecule has 2 N–H and O–H groups in total. The number of hydrogen-bond donors (Lipinski definition) is 1. The number of thiophene rings is 1. The van der Waals surface area contributed by atoms with E-state index in [1.807, 2.05) is 13.0 Å². The third-order valence-electron chi connectivity index (χ3n) is 3.69. The predicted octanol–water partition coefficient (Wildman–Crippen LogP) is 2.75. The Hall–Kier alpha value is -0.980. The average molecular weight is 283 g/mol. The van der Waals surface area contributed by atoms with Crippen LogP contribution in [0.3, 0.4) is 0 Å². The molecule has 0 radical (unpaired) electrons. The van der Waals surface area contributed by atoms with Gasteiger partial charge in [-0.3, -0.25) is 15.0 Å². The summed E-state index contributed by atoms with van der Waals surface area (Å²) in [6, 6.07) is 3.39. The fourth-order valence-electron chi connectivity index (χ4n) is 2.61. The van der Waals surface area contributed by atoms with Crippen molar-refractivity contribution in [3.8, 4) is 0 Å². The van der Waals surface area contributed by atoms with Gasteiger partial charge in [0, 0.05) is 17.4 Å². The standard InChI is InChI=1S/C13H21N3O2S/c1-13(14,15-8-4-2-3-5-9-15)10-11-6-7-12(19-11)16(17)18/h6-7H,2-5,8-10,14H2,1H3. The first-order valence-corrected chi connectivity index (χ1v) is 7.58. The molecule has 0 aliphatic carbocycles. The van der Waals surface area contributed by atoms with Gasteiger partial charge in [0.15, 0.2) is 0 Å². The quantitative estimate of drug-likeness (QED) is 0.681. The second kappa shape index (κ2) is 5.98. The molecule has 1 fully saturated rings. The Kier molecular flexibility index (Phi) is 4.54. The number of likely N-dealkylation sites (tertiary alicyclic amines) is 1. The highest BCUT2D eigenvalue weighted by molar-refractivity contribution is 7.15. The van der Waals surface area contributed by atoms with Crippen LogP contribution in [0.1, 0.15) is 37.5 Å². The highest BCUT2D eigenvalue weighted by Gasteiger charge is 2.29. The summed E-state index contributed by atoms with van der Waals surface area (Å²) in [6.07, 6.45) is 5.61. The zero-order valence-corrected chi connectivity index (χ0v) is 12.1. The van der Waals surface area contributed by atoms with Gasteiger partial charge in [0.2, 0.25) is 0 Å². The van der Waals surface area contributed by atoms with Gasteiger partial charge in [0.05, 0.1) is 10.6 Å². The van der Waals surface area contributed by atoms with Crippen LogP contribution in [0.5, 0.6) is 0 Å². The summed E-state index contributed by atoms with van der Waals surface area (Å²) in [6.45, 7) is 4.09. The third kappa shape index (κ3) is 3.75. The minimum atomic E-state index is -0.414. The molecule has 19 heavy (non-hydrogen) atoms. The molecule has 6 heteroatoms. The maximum atomic E-state index is 10.7. The highest BCUT2D eigenvalue weighted by atomic mass is 32.1. The SMILES string of the molecule is CC(N)(Cc1ccc([N+](=O)[O-])s1)N1CCCCCC1. The average Bonchev–Trinajstić information content (AvgIpc) is 2.63. The Morgan fingerprint density at radius 3 is 2.53 bits per heavy atom. The number of hydrogen-bond acceptors (Lipinski definition) is 5. The van der Waals surface area contributed by atoms with Crippen LogP contribution in [-0.2, 0) is 6.42 Å². The first-order valence-electron chi connectivity index (χ1n) is 6.76. The molecule has 2 rings (SSSR count). The molecule has 1 saturated heterocycles. The van der Waals surface area contributed by atoms with Gasteiger partial charge in [-0.25, -0.2) is 0 Å². The molecule has 1 aliphatic rings. The van der Waals surface area contributed by atoms with E-state index in [1.165, 1.54) is 37.0 Å². The number of nitrogens with two attached hydrogens (primary N) is 1. The lowest BCUT2D eigenvalue weighted by Gasteiger charge is -2.37. The van der Waals surface area contributed by atoms with E-state index in [1.54, 1.807) is 6.07 Å². The van der Waals surface area contributed by atoms with E-state index >= 15 is 0 Å². The van der Waals surface area contributed by atoms with Crippen molar-refractivity contribution < 1.29 is 4.92 Å². The Morgan fingerprint density at radius 1 is 1.37 bits per heavy atom. The molecule has 1 aromatic rings. The Morgan fingerprint density at radius 2 is 2.00 bits per heavy atom. The fraction of sp³-hybridized carbons (Fsp3) is 0.692. The van der Waals surface area contributed by atoms with Crippen molar-refractivity contribution in [1.82, 2.24) is 4.90 Å². The lowest BCUT2D eigenvalue weighted by Crippen LogP contribution is -2.55. The smallest absolute Gasteiger partial charge is 0.313 e. The Labute approximate surface area is 117 Å². The van der Waals surface area contributed by atoms with Crippen molar-refractivity contribution >= 4 is 16.3 Å². The van der Waals surface area contributed by atoms with Crippen molar-refractivity contribution in [2.75, 3.05) is 13.1 Å².